The summed E-state index contributed by atoms with van der Waals surface area (Å²) in [5.41, 5.74) is 0.745. The largest absolute Gasteiger partial charge is 0.497 e. The van der Waals surface area contributed by atoms with E-state index in [0.717, 1.165) is 9.87 Å². The number of hydrogen-bond donors (Lipinski definition) is 1. The third kappa shape index (κ3) is 7.18. The molecule has 0 aromatic heterocycles. The average Bonchev–Trinajstić information content (AvgIpc) is 2.76. The highest BCUT2D eigenvalue weighted by Crippen LogP contribution is 2.19. The van der Waals surface area contributed by atoms with Crippen molar-refractivity contribution in [3.05, 3.63) is 59.1 Å². The van der Waals surface area contributed by atoms with E-state index >= 15 is 0 Å². The molecule has 0 radical (unpaired) electrons. The van der Waals surface area contributed by atoms with Crippen LogP contribution in [0.1, 0.15) is 26.3 Å². The van der Waals surface area contributed by atoms with Gasteiger partial charge in [0.05, 0.1) is 18.6 Å². The molecule has 0 bridgehead atoms. The molecule has 2 rings (SSSR count). The molecule has 0 aliphatic heterocycles. The van der Waals surface area contributed by atoms with Crippen LogP contribution < -0.4 is 10.1 Å². The van der Waals surface area contributed by atoms with Gasteiger partial charge in [-0.15, -0.1) is 0 Å². The maximum absolute atomic E-state index is 13.3. The lowest BCUT2D eigenvalue weighted by atomic mass is 10.1. The normalized spacial score (nSPS) is 12.5. The summed E-state index contributed by atoms with van der Waals surface area (Å²) < 4.78 is 32.0. The van der Waals surface area contributed by atoms with Crippen LogP contribution in [0.15, 0.2) is 53.4 Å². The van der Waals surface area contributed by atoms with Gasteiger partial charge in [0.1, 0.15) is 11.8 Å². The number of hydrogen-bond acceptors (Lipinski definition) is 5. The van der Waals surface area contributed by atoms with Gasteiger partial charge < -0.3 is 15.0 Å². The molecule has 2 aromatic carbocycles. The summed E-state index contributed by atoms with van der Waals surface area (Å²) in [6, 6.07) is 11.9. The molecule has 0 unspecified atom stereocenters. The van der Waals surface area contributed by atoms with E-state index in [2.05, 4.69) is 5.32 Å². The highest BCUT2D eigenvalue weighted by atomic mass is 35.5. The zero-order chi connectivity index (χ0) is 24.8. The van der Waals surface area contributed by atoms with Crippen molar-refractivity contribution in [1.82, 2.24) is 14.5 Å². The van der Waals surface area contributed by atoms with E-state index in [4.69, 9.17) is 16.3 Å². The molecule has 33 heavy (non-hydrogen) atoms. The Bertz CT molecular complexity index is 1070. The number of sulfonamides is 1. The van der Waals surface area contributed by atoms with Gasteiger partial charge in [-0.1, -0.05) is 23.7 Å². The summed E-state index contributed by atoms with van der Waals surface area (Å²) in [6.07, 6.45) is 0. The first kappa shape index (κ1) is 26.6. The monoisotopic (exact) mass is 495 g/mol. The lowest BCUT2D eigenvalue weighted by Gasteiger charge is -2.31. The number of halogens is 1. The first-order valence-electron chi connectivity index (χ1n) is 10.4. The third-order valence-corrected chi connectivity index (χ3v) is 7.03. The maximum atomic E-state index is 13.3. The number of methoxy groups -OCH3 is 1. The van der Waals surface area contributed by atoms with Gasteiger partial charge in [0, 0.05) is 24.7 Å². The smallest absolute Gasteiger partial charge is 0.243 e. The molecule has 0 aliphatic rings. The van der Waals surface area contributed by atoms with Crippen LogP contribution in [0, 0.1) is 0 Å². The summed E-state index contributed by atoms with van der Waals surface area (Å²) in [7, 11) is -1.06. The highest BCUT2D eigenvalue weighted by Gasteiger charge is 2.30. The Morgan fingerprint density at radius 2 is 1.73 bits per heavy atom. The average molecular weight is 496 g/mol. The predicted molar refractivity (Wildman–Crippen MR) is 128 cm³/mol. The number of nitrogens with one attached hydrogen (secondary N) is 1. The van der Waals surface area contributed by atoms with Crippen molar-refractivity contribution < 1.29 is 22.7 Å². The second kappa shape index (κ2) is 11.5. The Balaban J connectivity index is 2.29. The number of carbonyl (C=O) groups is 2. The van der Waals surface area contributed by atoms with Crippen LogP contribution in [0.4, 0.5) is 0 Å². The van der Waals surface area contributed by atoms with E-state index in [1.54, 1.807) is 25.1 Å². The fourth-order valence-electron chi connectivity index (χ4n) is 3.11. The van der Waals surface area contributed by atoms with E-state index in [0.29, 0.717) is 10.8 Å². The zero-order valence-corrected chi connectivity index (χ0v) is 21.0. The molecule has 0 aliphatic carbocycles. The van der Waals surface area contributed by atoms with Gasteiger partial charge in [-0.2, -0.15) is 4.31 Å². The van der Waals surface area contributed by atoms with Crippen molar-refractivity contribution in [2.75, 3.05) is 20.7 Å². The summed E-state index contributed by atoms with van der Waals surface area (Å²) in [6.45, 7) is 4.94. The van der Waals surface area contributed by atoms with Crippen molar-refractivity contribution in [2.24, 2.45) is 0 Å². The molecule has 0 saturated heterocycles. The first-order valence-corrected chi connectivity index (χ1v) is 12.2. The minimum Gasteiger partial charge on any atom is -0.497 e. The summed E-state index contributed by atoms with van der Waals surface area (Å²) in [5, 5.41) is 3.20. The summed E-state index contributed by atoms with van der Waals surface area (Å²) >= 11 is 5.85. The number of likely N-dealkylation sites (N-methyl/N-ethyl adjacent to an activating group) is 1. The van der Waals surface area contributed by atoms with E-state index in [-0.39, 0.29) is 23.4 Å². The Morgan fingerprint density at radius 3 is 2.30 bits per heavy atom. The van der Waals surface area contributed by atoms with Crippen LogP contribution in [0.3, 0.4) is 0 Å². The minimum atomic E-state index is -3.93. The Hall–Kier alpha value is -2.62. The molecule has 2 amide bonds. The second-order valence-electron chi connectivity index (χ2n) is 7.93. The summed E-state index contributed by atoms with van der Waals surface area (Å²) in [5.74, 6) is -0.227. The molecule has 2 aromatic rings. The Kier molecular flexibility index (Phi) is 9.27. The molecular weight excluding hydrogens is 466 g/mol. The molecule has 1 atom stereocenters. The van der Waals surface area contributed by atoms with Crippen LogP contribution in [0.5, 0.6) is 5.75 Å². The van der Waals surface area contributed by atoms with Gasteiger partial charge in [0.2, 0.25) is 21.8 Å². The number of amides is 2. The zero-order valence-electron chi connectivity index (χ0n) is 19.4. The highest BCUT2D eigenvalue weighted by molar-refractivity contribution is 7.89. The number of carbonyl (C=O) groups excluding carboxylic acids is 2. The van der Waals surface area contributed by atoms with Gasteiger partial charge in [0.25, 0.3) is 0 Å². The van der Waals surface area contributed by atoms with E-state index in [1.807, 2.05) is 19.9 Å². The molecule has 1 N–H and O–H groups in total. The fraction of sp³-hybridized carbons (Fsp3) is 0.391. The first-order chi connectivity index (χ1) is 15.4. The molecule has 180 valence electrons. The molecular formula is C23H30ClN3O5S. The van der Waals surface area contributed by atoms with Crippen molar-refractivity contribution in [2.45, 2.75) is 44.3 Å². The number of ether oxygens (including phenoxy) is 1. The Morgan fingerprint density at radius 1 is 1.09 bits per heavy atom. The lowest BCUT2D eigenvalue weighted by molar-refractivity contribution is -0.140. The van der Waals surface area contributed by atoms with Gasteiger partial charge in [-0.3, -0.25) is 9.59 Å². The fourth-order valence-corrected chi connectivity index (χ4v) is 4.35. The van der Waals surface area contributed by atoms with Gasteiger partial charge in [0.15, 0.2) is 0 Å². The minimum absolute atomic E-state index is 0.0205. The quantitative estimate of drug-likeness (QED) is 0.546. The van der Waals surface area contributed by atoms with Crippen molar-refractivity contribution >= 4 is 33.4 Å². The molecule has 0 spiro atoms. The van der Waals surface area contributed by atoms with Crippen LogP contribution in [-0.4, -0.2) is 62.2 Å². The lowest BCUT2D eigenvalue weighted by Crippen LogP contribution is -2.51. The van der Waals surface area contributed by atoms with Crippen LogP contribution in [0.2, 0.25) is 5.02 Å². The maximum Gasteiger partial charge on any atom is 0.243 e. The third-order valence-electron chi connectivity index (χ3n) is 4.97. The van der Waals surface area contributed by atoms with E-state index < -0.39 is 28.5 Å². The van der Waals surface area contributed by atoms with E-state index in [1.165, 1.54) is 43.3 Å². The number of nitrogens with zero attached hydrogens (tertiary/aromatic N) is 2. The molecule has 0 fully saturated rings. The number of rotatable bonds is 10. The van der Waals surface area contributed by atoms with Crippen LogP contribution >= 0.6 is 11.6 Å². The van der Waals surface area contributed by atoms with Crippen molar-refractivity contribution in [3.63, 3.8) is 0 Å². The molecule has 0 saturated carbocycles. The van der Waals surface area contributed by atoms with Crippen molar-refractivity contribution in [3.8, 4) is 5.75 Å². The second-order valence-corrected chi connectivity index (χ2v) is 10.4. The Labute approximate surface area is 200 Å². The molecule has 0 heterocycles. The van der Waals surface area contributed by atoms with Crippen LogP contribution in [-0.2, 0) is 26.2 Å². The number of benzene rings is 2. The van der Waals surface area contributed by atoms with Gasteiger partial charge in [-0.25, -0.2) is 8.42 Å². The SMILES string of the molecule is COc1cccc(CN(C(=O)CN(C)S(=O)(=O)c2ccc(Cl)cc2)[C@@H](C)C(=O)NC(C)C)c1. The van der Waals surface area contributed by atoms with Crippen LogP contribution in [0.25, 0.3) is 0 Å². The molecule has 10 heteroatoms. The summed E-state index contributed by atoms with van der Waals surface area (Å²) in [4.78, 5) is 27.3. The topological polar surface area (TPSA) is 96.0 Å². The standard InChI is InChI=1S/C23H30ClN3O5S/c1-16(2)25-23(29)17(3)27(14-18-7-6-8-20(13-18)32-5)22(28)15-26(4)33(30,31)21-11-9-19(24)10-12-21/h6-13,16-17H,14-15H2,1-5H3,(H,25,29)/t17-/m0/s1. The predicted octanol–water partition coefficient (Wildman–Crippen LogP) is 2.91. The van der Waals surface area contributed by atoms with Gasteiger partial charge >= 0.3 is 0 Å². The van der Waals surface area contributed by atoms with Gasteiger partial charge in [-0.05, 0) is 62.7 Å². The molecule has 8 nitrogen and oxygen atoms in total. The van der Waals surface area contributed by atoms with E-state index in [9.17, 15) is 18.0 Å². The van der Waals surface area contributed by atoms with Crippen molar-refractivity contribution in [1.29, 1.82) is 0 Å².